The highest BCUT2D eigenvalue weighted by Gasteiger charge is 2.19. The maximum atomic E-state index is 11.2. The quantitative estimate of drug-likeness (QED) is 0.721. The number of carboxylic acids is 1. The van der Waals surface area contributed by atoms with E-state index < -0.39 is 12.1 Å². The first-order valence-corrected chi connectivity index (χ1v) is 6.60. The molecule has 1 rings (SSSR count). The van der Waals surface area contributed by atoms with Crippen molar-refractivity contribution in [2.24, 2.45) is 0 Å². The Kier molecular flexibility index (Phi) is 6.44. The Balaban J connectivity index is 2.67. The number of benzene rings is 1. The fourth-order valence-electron chi connectivity index (χ4n) is 1.89. The van der Waals surface area contributed by atoms with E-state index in [2.05, 4.69) is 13.8 Å². The highest BCUT2D eigenvalue weighted by Crippen LogP contribution is 2.14. The van der Waals surface area contributed by atoms with Gasteiger partial charge in [0.1, 0.15) is 0 Å². The summed E-state index contributed by atoms with van der Waals surface area (Å²) in [4.78, 5) is 11.2. The summed E-state index contributed by atoms with van der Waals surface area (Å²) in [6.07, 6.45) is 2.54. The van der Waals surface area contributed by atoms with Gasteiger partial charge in [-0.15, -0.1) is 0 Å². The molecule has 100 valence electrons. The summed E-state index contributed by atoms with van der Waals surface area (Å²) < 4.78 is 5.45. The van der Waals surface area contributed by atoms with Crippen LogP contribution in [0.25, 0.3) is 0 Å². The molecule has 0 aliphatic carbocycles. The molecule has 0 amide bonds. The van der Waals surface area contributed by atoms with E-state index >= 15 is 0 Å². The second-order valence-corrected chi connectivity index (χ2v) is 4.38. The summed E-state index contributed by atoms with van der Waals surface area (Å²) in [7, 11) is 0. The topological polar surface area (TPSA) is 46.5 Å². The van der Waals surface area contributed by atoms with Crippen LogP contribution in [0.2, 0.25) is 0 Å². The maximum absolute atomic E-state index is 11.2. The number of unbranched alkanes of at least 4 members (excludes halogenated alkanes) is 1. The summed E-state index contributed by atoms with van der Waals surface area (Å²) in [6.45, 7) is 4.65. The van der Waals surface area contributed by atoms with Crippen molar-refractivity contribution in [2.75, 3.05) is 6.61 Å². The zero-order valence-corrected chi connectivity index (χ0v) is 11.2. The Morgan fingerprint density at radius 2 is 1.94 bits per heavy atom. The van der Waals surface area contributed by atoms with Crippen molar-refractivity contribution >= 4 is 5.97 Å². The summed E-state index contributed by atoms with van der Waals surface area (Å²) >= 11 is 0. The average Bonchev–Trinajstić information content (AvgIpc) is 2.38. The fourth-order valence-corrected chi connectivity index (χ4v) is 1.89. The predicted octanol–water partition coefficient (Wildman–Crippen LogP) is 3.06. The number of hydrogen-bond acceptors (Lipinski definition) is 2. The molecular formula is C15H22O3. The van der Waals surface area contributed by atoms with Gasteiger partial charge in [0.25, 0.3) is 0 Å². The second-order valence-electron chi connectivity index (χ2n) is 4.38. The van der Waals surface area contributed by atoms with Crippen LogP contribution in [0.3, 0.4) is 0 Å². The van der Waals surface area contributed by atoms with Crippen molar-refractivity contribution in [3.8, 4) is 0 Å². The van der Waals surface area contributed by atoms with Crippen molar-refractivity contribution < 1.29 is 14.6 Å². The first kappa shape index (κ1) is 14.7. The number of carbonyl (C=O) groups is 1. The molecule has 0 saturated heterocycles. The first-order valence-electron chi connectivity index (χ1n) is 6.60. The molecule has 0 unspecified atom stereocenters. The monoisotopic (exact) mass is 250 g/mol. The third-order valence-electron chi connectivity index (χ3n) is 3.00. The van der Waals surface area contributed by atoms with Crippen LogP contribution >= 0.6 is 0 Å². The Labute approximate surface area is 109 Å². The van der Waals surface area contributed by atoms with Crippen molar-refractivity contribution in [3.05, 3.63) is 35.4 Å². The fraction of sp³-hybridized carbons (Fsp3) is 0.533. The third kappa shape index (κ3) is 4.49. The lowest BCUT2D eigenvalue weighted by Gasteiger charge is -2.15. The lowest BCUT2D eigenvalue weighted by Crippen LogP contribution is -2.27. The summed E-state index contributed by atoms with van der Waals surface area (Å²) in [5, 5.41) is 9.17. The molecule has 3 heteroatoms. The standard InChI is InChI=1S/C15H22O3/c1-3-5-10-18-14(15(16)17)11-13-9-7-6-8-12(13)4-2/h6-9,14H,3-5,10-11H2,1-2H3,(H,16,17)/t14-/m0/s1. The van der Waals surface area contributed by atoms with Gasteiger partial charge in [0.2, 0.25) is 0 Å². The highest BCUT2D eigenvalue weighted by molar-refractivity contribution is 5.72. The molecule has 0 aromatic heterocycles. The molecule has 1 aromatic rings. The molecule has 0 spiro atoms. The number of aryl methyl sites for hydroxylation is 1. The molecule has 0 aliphatic heterocycles. The summed E-state index contributed by atoms with van der Waals surface area (Å²) in [5.74, 6) is -0.878. The highest BCUT2D eigenvalue weighted by atomic mass is 16.5. The molecule has 18 heavy (non-hydrogen) atoms. The van der Waals surface area contributed by atoms with Gasteiger partial charge in [0.15, 0.2) is 6.10 Å². The Bertz CT molecular complexity index is 374. The Morgan fingerprint density at radius 1 is 1.28 bits per heavy atom. The summed E-state index contributed by atoms with van der Waals surface area (Å²) in [6, 6.07) is 7.95. The smallest absolute Gasteiger partial charge is 0.333 e. The Morgan fingerprint density at radius 3 is 2.50 bits per heavy atom. The van der Waals surface area contributed by atoms with Crippen LogP contribution in [-0.4, -0.2) is 23.8 Å². The molecule has 3 nitrogen and oxygen atoms in total. The van der Waals surface area contributed by atoms with E-state index in [1.54, 1.807) is 0 Å². The zero-order chi connectivity index (χ0) is 13.4. The summed E-state index contributed by atoms with van der Waals surface area (Å²) in [5.41, 5.74) is 2.27. The molecule has 0 bridgehead atoms. The third-order valence-corrected chi connectivity index (χ3v) is 3.00. The van der Waals surface area contributed by atoms with E-state index in [1.807, 2.05) is 24.3 Å². The van der Waals surface area contributed by atoms with Crippen LogP contribution in [0, 0.1) is 0 Å². The number of aliphatic carboxylic acids is 1. The number of rotatable bonds is 8. The van der Waals surface area contributed by atoms with Gasteiger partial charge in [-0.1, -0.05) is 44.5 Å². The minimum atomic E-state index is -0.878. The van der Waals surface area contributed by atoms with Gasteiger partial charge in [0, 0.05) is 13.0 Å². The molecule has 1 N–H and O–H groups in total. The average molecular weight is 250 g/mol. The Hall–Kier alpha value is -1.35. The van der Waals surface area contributed by atoms with Crippen LogP contribution in [0.5, 0.6) is 0 Å². The minimum absolute atomic E-state index is 0.447. The van der Waals surface area contributed by atoms with E-state index in [9.17, 15) is 9.90 Å². The van der Waals surface area contributed by atoms with Gasteiger partial charge in [-0.3, -0.25) is 0 Å². The zero-order valence-electron chi connectivity index (χ0n) is 11.2. The van der Waals surface area contributed by atoms with Crippen molar-refractivity contribution in [3.63, 3.8) is 0 Å². The van der Waals surface area contributed by atoms with Gasteiger partial charge < -0.3 is 9.84 Å². The van der Waals surface area contributed by atoms with Gasteiger partial charge in [-0.25, -0.2) is 4.79 Å². The van der Waals surface area contributed by atoms with Crippen molar-refractivity contribution in [1.82, 2.24) is 0 Å². The van der Waals surface area contributed by atoms with Gasteiger partial charge in [-0.2, -0.15) is 0 Å². The number of ether oxygens (including phenoxy) is 1. The molecule has 0 aliphatic rings. The van der Waals surface area contributed by atoms with Crippen LogP contribution in [-0.2, 0) is 22.4 Å². The lowest BCUT2D eigenvalue weighted by atomic mass is 10.00. The molecule has 0 saturated carbocycles. The van der Waals surface area contributed by atoms with Crippen LogP contribution < -0.4 is 0 Å². The predicted molar refractivity (Wildman–Crippen MR) is 71.8 cm³/mol. The van der Waals surface area contributed by atoms with E-state index in [4.69, 9.17) is 4.74 Å². The SMILES string of the molecule is CCCCO[C@@H](Cc1ccccc1CC)C(=O)O. The molecule has 1 atom stereocenters. The van der Waals surface area contributed by atoms with E-state index in [0.29, 0.717) is 13.0 Å². The molecule has 0 radical (unpaired) electrons. The second kappa shape index (κ2) is 7.88. The number of hydrogen-bond donors (Lipinski definition) is 1. The molecule has 1 aromatic carbocycles. The van der Waals surface area contributed by atoms with Gasteiger partial charge in [0.05, 0.1) is 0 Å². The van der Waals surface area contributed by atoms with Crippen molar-refractivity contribution in [1.29, 1.82) is 0 Å². The van der Waals surface area contributed by atoms with Gasteiger partial charge >= 0.3 is 5.97 Å². The van der Waals surface area contributed by atoms with E-state index in [1.165, 1.54) is 5.56 Å². The lowest BCUT2D eigenvalue weighted by molar-refractivity contribution is -0.150. The largest absolute Gasteiger partial charge is 0.479 e. The van der Waals surface area contributed by atoms with Crippen molar-refractivity contribution in [2.45, 2.75) is 45.6 Å². The molecular weight excluding hydrogens is 228 g/mol. The normalized spacial score (nSPS) is 12.3. The number of carboxylic acid groups (broad SMARTS) is 1. The first-order chi connectivity index (χ1) is 8.69. The van der Waals surface area contributed by atoms with Crippen LogP contribution in [0.1, 0.15) is 37.8 Å². The van der Waals surface area contributed by atoms with Gasteiger partial charge in [-0.05, 0) is 24.0 Å². The molecule has 0 fully saturated rings. The maximum Gasteiger partial charge on any atom is 0.333 e. The molecule has 0 heterocycles. The van der Waals surface area contributed by atoms with E-state index in [0.717, 1.165) is 24.8 Å². The van der Waals surface area contributed by atoms with E-state index in [-0.39, 0.29) is 0 Å². The minimum Gasteiger partial charge on any atom is -0.479 e. The van der Waals surface area contributed by atoms with Crippen LogP contribution in [0.4, 0.5) is 0 Å². The van der Waals surface area contributed by atoms with Crippen LogP contribution in [0.15, 0.2) is 24.3 Å².